The van der Waals surface area contributed by atoms with Crippen LogP contribution in [-0.4, -0.2) is 37.3 Å². The Bertz CT molecular complexity index is 465. The molecule has 1 atom stereocenters. The second-order valence-electron chi connectivity index (χ2n) is 4.46. The van der Waals surface area contributed by atoms with Crippen LogP contribution in [0.4, 0.5) is 0 Å². The molecule has 0 saturated carbocycles. The van der Waals surface area contributed by atoms with Crippen LogP contribution in [0.25, 0.3) is 0 Å². The van der Waals surface area contributed by atoms with E-state index in [0.717, 1.165) is 17.7 Å². The summed E-state index contributed by atoms with van der Waals surface area (Å²) >= 11 is 0. The van der Waals surface area contributed by atoms with Crippen LogP contribution in [0.1, 0.15) is 30.1 Å². The van der Waals surface area contributed by atoms with E-state index >= 15 is 0 Å². The quantitative estimate of drug-likeness (QED) is 0.821. The largest absolute Gasteiger partial charge is 0.313 e. The summed E-state index contributed by atoms with van der Waals surface area (Å²) in [4.78, 5) is 0. The van der Waals surface area contributed by atoms with E-state index in [4.69, 9.17) is 0 Å². The Hall–Kier alpha value is -0.880. The first-order chi connectivity index (χ1) is 7.83. The third-order valence-corrected chi connectivity index (χ3v) is 3.81. The first-order valence-corrected chi connectivity index (χ1v) is 7.74. The molecule has 0 fully saturated rings. The zero-order valence-corrected chi connectivity index (χ0v) is 11.7. The Labute approximate surface area is 103 Å². The van der Waals surface area contributed by atoms with Crippen LogP contribution < -0.4 is 5.32 Å². The molecule has 1 aromatic heterocycles. The van der Waals surface area contributed by atoms with Crippen molar-refractivity contribution in [2.75, 3.05) is 19.1 Å². The number of rotatable bonds is 6. The van der Waals surface area contributed by atoms with Gasteiger partial charge >= 0.3 is 0 Å². The number of hydrogen-bond acceptors (Lipinski definition) is 4. The van der Waals surface area contributed by atoms with Gasteiger partial charge in [-0.05, 0) is 26.8 Å². The summed E-state index contributed by atoms with van der Waals surface area (Å²) in [6.07, 6.45) is 4.72. The van der Waals surface area contributed by atoms with Crippen LogP contribution in [0.15, 0.2) is 6.20 Å². The average molecular weight is 259 g/mol. The molecule has 0 aliphatic heterocycles. The standard InChI is InChI=1S/C11H21N3O2S/c1-9-10(8-14(3)13-9)11(12-2)6-5-7-17(4,15)16/h8,11-12H,5-7H2,1-4H3. The monoisotopic (exact) mass is 259 g/mol. The maximum Gasteiger partial charge on any atom is 0.147 e. The zero-order chi connectivity index (χ0) is 13.1. The van der Waals surface area contributed by atoms with Gasteiger partial charge < -0.3 is 5.32 Å². The summed E-state index contributed by atoms with van der Waals surface area (Å²) in [5, 5.41) is 7.51. The first-order valence-electron chi connectivity index (χ1n) is 5.68. The molecule has 0 aliphatic rings. The molecular formula is C11H21N3O2S. The average Bonchev–Trinajstić information content (AvgIpc) is 2.51. The van der Waals surface area contributed by atoms with E-state index in [1.165, 1.54) is 6.26 Å². The summed E-state index contributed by atoms with van der Waals surface area (Å²) in [6.45, 7) is 1.97. The Balaban J connectivity index is 2.63. The highest BCUT2D eigenvalue weighted by molar-refractivity contribution is 7.90. The van der Waals surface area contributed by atoms with E-state index in [1.807, 2.05) is 27.2 Å². The molecule has 6 heteroatoms. The maximum atomic E-state index is 11.1. The van der Waals surface area contributed by atoms with Crippen LogP contribution in [0.5, 0.6) is 0 Å². The fourth-order valence-electron chi connectivity index (χ4n) is 1.97. The minimum Gasteiger partial charge on any atom is -0.313 e. The zero-order valence-electron chi connectivity index (χ0n) is 10.9. The summed E-state index contributed by atoms with van der Waals surface area (Å²) in [6, 6.07) is 0.172. The predicted octanol–water partition coefficient (Wildman–Crippen LogP) is 0.814. The Kier molecular flexibility index (Phi) is 4.70. The van der Waals surface area contributed by atoms with Crippen LogP contribution in [0.3, 0.4) is 0 Å². The Morgan fingerprint density at radius 1 is 1.53 bits per heavy atom. The lowest BCUT2D eigenvalue weighted by molar-refractivity contribution is 0.534. The van der Waals surface area contributed by atoms with Crippen molar-refractivity contribution >= 4 is 9.84 Å². The van der Waals surface area contributed by atoms with Gasteiger partial charge in [-0.1, -0.05) is 0 Å². The van der Waals surface area contributed by atoms with Gasteiger partial charge in [-0.15, -0.1) is 0 Å². The molecule has 1 heterocycles. The summed E-state index contributed by atoms with van der Waals surface area (Å²) in [7, 11) is 0.911. The van der Waals surface area contributed by atoms with E-state index in [2.05, 4.69) is 10.4 Å². The lowest BCUT2D eigenvalue weighted by atomic mass is 10.0. The predicted molar refractivity (Wildman–Crippen MR) is 68.7 cm³/mol. The molecule has 1 rings (SSSR count). The molecule has 0 aromatic carbocycles. The number of sulfone groups is 1. The van der Waals surface area contributed by atoms with Gasteiger partial charge in [0, 0.05) is 36.9 Å². The van der Waals surface area contributed by atoms with Gasteiger partial charge in [0.2, 0.25) is 0 Å². The van der Waals surface area contributed by atoms with Crippen LogP contribution in [-0.2, 0) is 16.9 Å². The number of nitrogens with zero attached hydrogens (tertiary/aromatic N) is 2. The molecule has 17 heavy (non-hydrogen) atoms. The SMILES string of the molecule is CNC(CCCS(C)(=O)=O)c1cn(C)nc1C. The van der Waals surface area contributed by atoms with Crippen molar-refractivity contribution in [2.45, 2.75) is 25.8 Å². The second-order valence-corrected chi connectivity index (χ2v) is 6.72. The van der Waals surface area contributed by atoms with E-state index in [1.54, 1.807) is 4.68 Å². The van der Waals surface area contributed by atoms with E-state index in [-0.39, 0.29) is 11.8 Å². The second kappa shape index (κ2) is 5.64. The van der Waals surface area contributed by atoms with Gasteiger partial charge in [-0.2, -0.15) is 5.10 Å². The van der Waals surface area contributed by atoms with Crippen molar-refractivity contribution in [3.8, 4) is 0 Å². The minimum atomic E-state index is -2.86. The Morgan fingerprint density at radius 2 is 2.18 bits per heavy atom. The minimum absolute atomic E-state index is 0.172. The van der Waals surface area contributed by atoms with E-state index in [0.29, 0.717) is 6.42 Å². The molecule has 5 nitrogen and oxygen atoms in total. The Morgan fingerprint density at radius 3 is 2.59 bits per heavy atom. The van der Waals surface area contributed by atoms with Gasteiger partial charge in [-0.25, -0.2) is 8.42 Å². The fraction of sp³-hybridized carbons (Fsp3) is 0.727. The third kappa shape index (κ3) is 4.47. The van der Waals surface area contributed by atoms with Gasteiger partial charge in [-0.3, -0.25) is 4.68 Å². The maximum absolute atomic E-state index is 11.1. The molecule has 1 N–H and O–H groups in total. The van der Waals surface area contributed by atoms with Crippen molar-refractivity contribution in [3.05, 3.63) is 17.5 Å². The number of hydrogen-bond donors (Lipinski definition) is 1. The topological polar surface area (TPSA) is 64.0 Å². The van der Waals surface area contributed by atoms with Crippen molar-refractivity contribution < 1.29 is 8.42 Å². The molecular weight excluding hydrogens is 238 g/mol. The van der Waals surface area contributed by atoms with Crippen molar-refractivity contribution in [2.24, 2.45) is 7.05 Å². The summed E-state index contributed by atoms with van der Waals surface area (Å²) in [5.74, 6) is 0.241. The summed E-state index contributed by atoms with van der Waals surface area (Å²) < 4.78 is 23.9. The normalized spacial score (nSPS) is 13.9. The van der Waals surface area contributed by atoms with Gasteiger partial charge in [0.15, 0.2) is 0 Å². The number of aromatic nitrogens is 2. The molecule has 0 amide bonds. The van der Waals surface area contributed by atoms with Gasteiger partial charge in [0.1, 0.15) is 9.84 Å². The molecule has 0 radical (unpaired) electrons. The smallest absolute Gasteiger partial charge is 0.147 e. The molecule has 98 valence electrons. The number of aryl methyl sites for hydroxylation is 2. The van der Waals surface area contributed by atoms with Crippen molar-refractivity contribution in [3.63, 3.8) is 0 Å². The molecule has 0 bridgehead atoms. The molecule has 0 saturated heterocycles. The first kappa shape index (κ1) is 14.2. The van der Waals surface area contributed by atoms with Gasteiger partial charge in [0.05, 0.1) is 5.69 Å². The van der Waals surface area contributed by atoms with Crippen molar-refractivity contribution in [1.82, 2.24) is 15.1 Å². The summed E-state index contributed by atoms with van der Waals surface area (Å²) in [5.41, 5.74) is 2.13. The molecule has 0 spiro atoms. The lowest BCUT2D eigenvalue weighted by Crippen LogP contribution is -2.18. The van der Waals surface area contributed by atoms with Crippen LogP contribution in [0, 0.1) is 6.92 Å². The lowest BCUT2D eigenvalue weighted by Gasteiger charge is -2.15. The molecule has 0 aliphatic carbocycles. The van der Waals surface area contributed by atoms with E-state index < -0.39 is 9.84 Å². The number of nitrogens with one attached hydrogen (secondary N) is 1. The van der Waals surface area contributed by atoms with E-state index in [9.17, 15) is 8.42 Å². The highest BCUT2D eigenvalue weighted by atomic mass is 32.2. The fourth-order valence-corrected chi connectivity index (χ4v) is 2.66. The highest BCUT2D eigenvalue weighted by Crippen LogP contribution is 2.20. The highest BCUT2D eigenvalue weighted by Gasteiger charge is 2.15. The molecule has 1 unspecified atom stereocenters. The van der Waals surface area contributed by atoms with Crippen molar-refractivity contribution in [1.29, 1.82) is 0 Å². The molecule has 1 aromatic rings. The van der Waals surface area contributed by atoms with Crippen LogP contribution >= 0.6 is 0 Å². The van der Waals surface area contributed by atoms with Gasteiger partial charge in [0.25, 0.3) is 0 Å². The van der Waals surface area contributed by atoms with Crippen LogP contribution in [0.2, 0.25) is 0 Å². The third-order valence-electron chi connectivity index (χ3n) is 2.78.